The van der Waals surface area contributed by atoms with Gasteiger partial charge in [-0.25, -0.2) is 0 Å². The third-order valence-corrected chi connectivity index (χ3v) is 3.27. The van der Waals surface area contributed by atoms with Crippen molar-refractivity contribution in [1.29, 1.82) is 0 Å². The zero-order chi connectivity index (χ0) is 15.6. The number of benzene rings is 2. The van der Waals surface area contributed by atoms with Gasteiger partial charge in [-0.05, 0) is 29.8 Å². The number of nitrogen functional groups attached to an aromatic ring is 3. The average molecular weight is 289 g/mol. The first-order valence-corrected chi connectivity index (χ1v) is 6.48. The molecule has 0 aromatic heterocycles. The Labute approximate surface area is 122 Å². The van der Waals surface area contributed by atoms with Gasteiger partial charge in [0.2, 0.25) is 0 Å². The van der Waals surface area contributed by atoms with E-state index in [2.05, 4.69) is 0 Å². The zero-order valence-electron chi connectivity index (χ0n) is 11.5. The highest BCUT2D eigenvalue weighted by Gasteiger charge is 2.13. The fourth-order valence-corrected chi connectivity index (χ4v) is 2.19. The molecule has 0 heterocycles. The molecule has 21 heavy (non-hydrogen) atoms. The van der Waals surface area contributed by atoms with Crippen molar-refractivity contribution in [3.8, 4) is 16.9 Å². The molecule has 1 unspecified atom stereocenters. The maximum absolute atomic E-state index is 10.0. The van der Waals surface area contributed by atoms with Crippen LogP contribution in [-0.2, 0) is 6.42 Å². The number of anilines is 3. The quantitative estimate of drug-likeness (QED) is 0.458. The van der Waals surface area contributed by atoms with Crippen molar-refractivity contribution >= 4 is 17.1 Å². The van der Waals surface area contributed by atoms with Crippen molar-refractivity contribution in [3.63, 3.8) is 0 Å². The summed E-state index contributed by atoms with van der Waals surface area (Å²) in [7, 11) is 0. The molecule has 0 saturated carbocycles. The van der Waals surface area contributed by atoms with Crippen LogP contribution in [0.4, 0.5) is 17.1 Å². The van der Waals surface area contributed by atoms with Crippen molar-refractivity contribution in [1.82, 2.24) is 0 Å². The summed E-state index contributed by atoms with van der Waals surface area (Å²) in [6, 6.07) is 8.12. The van der Waals surface area contributed by atoms with Gasteiger partial charge in [0, 0.05) is 29.3 Å². The normalized spacial score (nSPS) is 12.3. The summed E-state index contributed by atoms with van der Waals surface area (Å²) in [5.74, 6) is 0.000886. The molecule has 6 nitrogen and oxygen atoms in total. The highest BCUT2D eigenvalue weighted by molar-refractivity contribution is 5.88. The summed E-state index contributed by atoms with van der Waals surface area (Å²) in [5, 5.41) is 28.5. The number of aromatic hydroxyl groups is 1. The van der Waals surface area contributed by atoms with E-state index in [-0.39, 0.29) is 18.8 Å². The number of aliphatic hydroxyl groups excluding tert-OH is 2. The standard InChI is InChI=1S/C15H19N3O3/c16-9-1-2-11(14(21)6-9)12-4-8(3-10(20)7-19)5-13(17)15(12)18/h1-2,4-6,10,19-21H,3,7,16-18H2. The third-order valence-electron chi connectivity index (χ3n) is 3.27. The van der Waals surface area contributed by atoms with E-state index in [1.807, 2.05) is 0 Å². The summed E-state index contributed by atoms with van der Waals surface area (Å²) in [6.45, 7) is -0.341. The molecule has 1 atom stereocenters. The molecule has 2 rings (SSSR count). The predicted octanol–water partition coefficient (Wildman–Crippen LogP) is 0.701. The van der Waals surface area contributed by atoms with Gasteiger partial charge in [0.15, 0.2) is 0 Å². The van der Waals surface area contributed by atoms with E-state index in [0.717, 1.165) is 5.56 Å². The van der Waals surface area contributed by atoms with Crippen molar-refractivity contribution in [2.24, 2.45) is 0 Å². The van der Waals surface area contributed by atoms with Crippen LogP contribution in [0, 0.1) is 0 Å². The monoisotopic (exact) mass is 289 g/mol. The van der Waals surface area contributed by atoms with Gasteiger partial charge in [0.05, 0.1) is 24.1 Å². The van der Waals surface area contributed by atoms with E-state index in [0.29, 0.717) is 28.2 Å². The second-order valence-electron chi connectivity index (χ2n) is 4.96. The van der Waals surface area contributed by atoms with Crippen LogP contribution in [0.3, 0.4) is 0 Å². The lowest BCUT2D eigenvalue weighted by molar-refractivity contribution is 0.0955. The van der Waals surface area contributed by atoms with Gasteiger partial charge in [-0.3, -0.25) is 0 Å². The Morgan fingerprint density at radius 2 is 1.71 bits per heavy atom. The van der Waals surface area contributed by atoms with Crippen LogP contribution >= 0.6 is 0 Å². The van der Waals surface area contributed by atoms with Gasteiger partial charge in [-0.15, -0.1) is 0 Å². The Balaban J connectivity index is 2.51. The SMILES string of the molecule is Nc1ccc(-c2cc(CC(O)CO)cc(N)c2N)c(O)c1. The minimum Gasteiger partial charge on any atom is -0.507 e. The molecular formula is C15H19N3O3. The van der Waals surface area contributed by atoms with E-state index < -0.39 is 6.10 Å². The van der Waals surface area contributed by atoms with Crippen molar-refractivity contribution < 1.29 is 15.3 Å². The van der Waals surface area contributed by atoms with Crippen LogP contribution in [0.1, 0.15) is 5.56 Å². The van der Waals surface area contributed by atoms with Crippen LogP contribution in [0.5, 0.6) is 5.75 Å². The molecular weight excluding hydrogens is 270 g/mol. The van der Waals surface area contributed by atoms with Gasteiger partial charge in [0.25, 0.3) is 0 Å². The van der Waals surface area contributed by atoms with Gasteiger partial charge in [-0.2, -0.15) is 0 Å². The van der Waals surface area contributed by atoms with E-state index in [9.17, 15) is 10.2 Å². The topological polar surface area (TPSA) is 139 Å². The molecule has 0 radical (unpaired) electrons. The summed E-state index contributed by atoms with van der Waals surface area (Å²) < 4.78 is 0. The molecule has 0 aliphatic carbocycles. The van der Waals surface area contributed by atoms with Crippen LogP contribution in [0.15, 0.2) is 30.3 Å². The molecule has 112 valence electrons. The van der Waals surface area contributed by atoms with E-state index >= 15 is 0 Å². The Kier molecular flexibility index (Phi) is 4.21. The highest BCUT2D eigenvalue weighted by Crippen LogP contribution is 2.37. The summed E-state index contributed by atoms with van der Waals surface area (Å²) >= 11 is 0. The van der Waals surface area contributed by atoms with Crippen LogP contribution in [0.25, 0.3) is 11.1 Å². The van der Waals surface area contributed by atoms with Crippen molar-refractivity contribution in [2.75, 3.05) is 23.8 Å². The van der Waals surface area contributed by atoms with Crippen molar-refractivity contribution in [2.45, 2.75) is 12.5 Å². The molecule has 0 amide bonds. The Morgan fingerprint density at radius 1 is 1.00 bits per heavy atom. The maximum atomic E-state index is 10.0. The lowest BCUT2D eigenvalue weighted by atomic mass is 9.96. The van der Waals surface area contributed by atoms with Gasteiger partial charge < -0.3 is 32.5 Å². The average Bonchev–Trinajstić information content (AvgIpc) is 2.43. The number of nitrogens with two attached hydrogens (primary N) is 3. The number of hydrogen-bond donors (Lipinski definition) is 6. The van der Waals surface area contributed by atoms with Gasteiger partial charge in [-0.1, -0.05) is 0 Å². The fourth-order valence-electron chi connectivity index (χ4n) is 2.19. The molecule has 9 N–H and O–H groups in total. The fraction of sp³-hybridized carbons (Fsp3) is 0.200. The van der Waals surface area contributed by atoms with Gasteiger partial charge in [0.1, 0.15) is 5.75 Å². The number of rotatable bonds is 4. The predicted molar refractivity (Wildman–Crippen MR) is 83.6 cm³/mol. The van der Waals surface area contributed by atoms with Gasteiger partial charge >= 0.3 is 0 Å². The minimum absolute atomic E-state index is 0.000886. The molecule has 0 bridgehead atoms. The van der Waals surface area contributed by atoms with E-state index in [1.54, 1.807) is 24.3 Å². The maximum Gasteiger partial charge on any atom is 0.125 e. The Hall–Kier alpha value is -2.44. The van der Waals surface area contributed by atoms with Crippen LogP contribution in [-0.4, -0.2) is 28.0 Å². The smallest absolute Gasteiger partial charge is 0.125 e. The third kappa shape index (κ3) is 3.18. The van der Waals surface area contributed by atoms with Crippen LogP contribution < -0.4 is 17.2 Å². The molecule has 0 saturated heterocycles. The lowest BCUT2D eigenvalue weighted by Crippen LogP contribution is -2.15. The molecule has 0 aliphatic rings. The molecule has 0 spiro atoms. The molecule has 2 aromatic carbocycles. The van der Waals surface area contributed by atoms with E-state index in [1.165, 1.54) is 6.07 Å². The largest absolute Gasteiger partial charge is 0.507 e. The second kappa shape index (κ2) is 5.90. The van der Waals surface area contributed by atoms with E-state index in [4.69, 9.17) is 22.3 Å². The first kappa shape index (κ1) is 15.0. The first-order chi connectivity index (χ1) is 9.92. The minimum atomic E-state index is -0.874. The highest BCUT2D eigenvalue weighted by atomic mass is 16.3. The summed E-state index contributed by atoms with van der Waals surface area (Å²) in [5.41, 5.74) is 20.4. The summed E-state index contributed by atoms with van der Waals surface area (Å²) in [4.78, 5) is 0. The molecule has 0 aliphatic heterocycles. The lowest BCUT2D eigenvalue weighted by Gasteiger charge is -2.15. The number of phenolic OH excluding ortho intramolecular Hbond substituents is 1. The molecule has 0 fully saturated rings. The second-order valence-corrected chi connectivity index (χ2v) is 4.96. The summed E-state index contributed by atoms with van der Waals surface area (Å²) in [6.07, 6.45) is -0.634. The molecule has 2 aromatic rings. The Morgan fingerprint density at radius 3 is 2.33 bits per heavy atom. The number of hydrogen-bond acceptors (Lipinski definition) is 6. The van der Waals surface area contributed by atoms with Crippen LogP contribution in [0.2, 0.25) is 0 Å². The zero-order valence-corrected chi connectivity index (χ0v) is 11.5. The molecule has 6 heteroatoms. The Bertz CT molecular complexity index is 659. The first-order valence-electron chi connectivity index (χ1n) is 6.48. The number of aliphatic hydroxyl groups is 2. The number of phenols is 1. The van der Waals surface area contributed by atoms with Crippen molar-refractivity contribution in [3.05, 3.63) is 35.9 Å².